The van der Waals surface area contributed by atoms with Crippen LogP contribution in [0.2, 0.25) is 0 Å². The highest BCUT2D eigenvalue weighted by Gasteiger charge is 2.24. The lowest BCUT2D eigenvalue weighted by Crippen LogP contribution is -2.29. The fourth-order valence-corrected chi connectivity index (χ4v) is 3.75. The second-order valence-electron chi connectivity index (χ2n) is 5.66. The van der Waals surface area contributed by atoms with Crippen molar-refractivity contribution in [1.29, 1.82) is 5.41 Å². The molecule has 124 valence electrons. The maximum atomic E-state index is 8.02. The van der Waals surface area contributed by atoms with E-state index in [1.54, 1.807) is 17.8 Å². The zero-order valence-electron chi connectivity index (χ0n) is 13.6. The number of amidine groups is 2. The third-order valence-corrected chi connectivity index (χ3v) is 5.05. The van der Waals surface area contributed by atoms with Crippen LogP contribution in [-0.4, -0.2) is 33.2 Å². The van der Waals surface area contributed by atoms with Gasteiger partial charge in [-0.2, -0.15) is 0 Å². The number of nitrogens with one attached hydrogen (secondary N) is 2. The van der Waals surface area contributed by atoms with Crippen LogP contribution in [0.5, 0.6) is 0 Å². The normalized spacial score (nSPS) is 16.1. The lowest BCUT2D eigenvalue weighted by Gasteiger charge is -2.16. The van der Waals surface area contributed by atoms with Crippen LogP contribution in [0.15, 0.2) is 66.3 Å². The van der Waals surface area contributed by atoms with Gasteiger partial charge in [0.05, 0.1) is 22.5 Å². The highest BCUT2D eigenvalue weighted by molar-refractivity contribution is 8.15. The van der Waals surface area contributed by atoms with Gasteiger partial charge in [0.1, 0.15) is 5.84 Å². The molecule has 0 aliphatic carbocycles. The first kappa shape index (κ1) is 15.7. The van der Waals surface area contributed by atoms with Gasteiger partial charge in [-0.3, -0.25) is 10.8 Å². The fourth-order valence-electron chi connectivity index (χ4n) is 2.88. The molecule has 4 rings (SSSR count). The zero-order chi connectivity index (χ0) is 17.2. The van der Waals surface area contributed by atoms with E-state index in [4.69, 9.17) is 10.4 Å². The molecular formula is C19H17N5S. The van der Waals surface area contributed by atoms with Crippen LogP contribution in [0.3, 0.4) is 0 Å². The highest BCUT2D eigenvalue weighted by Crippen LogP contribution is 2.31. The average Bonchev–Trinajstić information content (AvgIpc) is 2.99. The Morgan fingerprint density at radius 1 is 1.16 bits per heavy atom. The molecule has 1 fully saturated rings. The van der Waals surface area contributed by atoms with Gasteiger partial charge >= 0.3 is 0 Å². The summed E-state index contributed by atoms with van der Waals surface area (Å²) in [5, 5.41) is 15.4. The molecule has 0 radical (unpaired) electrons. The van der Waals surface area contributed by atoms with Gasteiger partial charge in [-0.1, -0.05) is 54.2 Å². The van der Waals surface area contributed by atoms with Crippen molar-refractivity contribution < 1.29 is 0 Å². The van der Waals surface area contributed by atoms with Gasteiger partial charge in [0.2, 0.25) is 0 Å². The number of para-hydroxylation sites is 2. The Morgan fingerprint density at radius 2 is 1.80 bits per heavy atom. The van der Waals surface area contributed by atoms with E-state index in [1.165, 1.54) is 0 Å². The van der Waals surface area contributed by atoms with Crippen molar-refractivity contribution in [2.45, 2.75) is 0 Å². The molecule has 0 bridgehead atoms. The number of nitrogens with zero attached hydrogens (tertiary/aromatic N) is 3. The van der Waals surface area contributed by atoms with Crippen LogP contribution in [0.1, 0.15) is 0 Å². The maximum Gasteiger partial charge on any atom is 0.189 e. The Balaban J connectivity index is 1.81. The molecule has 1 saturated heterocycles. The molecule has 0 amide bonds. The number of hydrazone groups is 1. The fraction of sp³-hybridized carbons (Fsp3) is 0.105. The van der Waals surface area contributed by atoms with Gasteiger partial charge in [-0.15, -0.1) is 11.7 Å². The van der Waals surface area contributed by atoms with E-state index in [0.717, 1.165) is 32.7 Å². The second kappa shape index (κ2) is 6.57. The molecule has 0 spiro atoms. The molecule has 1 aliphatic rings. The summed E-state index contributed by atoms with van der Waals surface area (Å²) >= 11 is 1.55. The standard InChI is InChI=1S/C19H17N5S/c1-2-11-24-17(20)12-25-19(24)23-22-18-13-7-3-5-9-15(13)21-16-10-6-4-8-14(16)18/h2-10,20H,1,11-12H2,(H,21,22)/b20-17?,23-19-. The van der Waals surface area contributed by atoms with E-state index in [0.29, 0.717) is 18.1 Å². The first-order valence-electron chi connectivity index (χ1n) is 7.98. The molecule has 1 aliphatic heterocycles. The molecular weight excluding hydrogens is 330 g/mol. The number of anilines is 1. The summed E-state index contributed by atoms with van der Waals surface area (Å²) in [6.07, 6.45) is 1.78. The first-order valence-corrected chi connectivity index (χ1v) is 8.96. The first-order chi connectivity index (χ1) is 12.3. The Morgan fingerprint density at radius 3 is 2.44 bits per heavy atom. The van der Waals surface area contributed by atoms with E-state index in [1.807, 2.05) is 53.4 Å². The Hall–Kier alpha value is -2.86. The predicted octanol–water partition coefficient (Wildman–Crippen LogP) is 4.28. The topological polar surface area (TPSA) is 64.4 Å². The van der Waals surface area contributed by atoms with Crippen LogP contribution in [-0.2, 0) is 0 Å². The third kappa shape index (κ3) is 2.85. The summed E-state index contributed by atoms with van der Waals surface area (Å²) in [7, 11) is 0. The molecule has 2 heterocycles. The summed E-state index contributed by atoms with van der Waals surface area (Å²) < 4.78 is 0. The molecule has 5 nitrogen and oxygen atoms in total. The summed E-state index contributed by atoms with van der Waals surface area (Å²) in [6.45, 7) is 4.35. The summed E-state index contributed by atoms with van der Waals surface area (Å²) in [5.41, 5.74) is 6.03. The lowest BCUT2D eigenvalue weighted by atomic mass is 10.1. The number of rotatable bonds is 4. The van der Waals surface area contributed by atoms with Crippen LogP contribution < -0.4 is 5.43 Å². The molecule has 6 heteroatoms. The van der Waals surface area contributed by atoms with Gasteiger partial charge in [0.15, 0.2) is 5.17 Å². The number of benzene rings is 2. The molecule has 25 heavy (non-hydrogen) atoms. The minimum absolute atomic E-state index is 0.551. The molecule has 2 N–H and O–H groups in total. The number of pyridine rings is 1. The largest absolute Gasteiger partial charge is 0.304 e. The van der Waals surface area contributed by atoms with Gasteiger partial charge in [-0.05, 0) is 12.1 Å². The molecule has 0 unspecified atom stereocenters. The van der Waals surface area contributed by atoms with Crippen LogP contribution in [0.25, 0.3) is 21.8 Å². The summed E-state index contributed by atoms with van der Waals surface area (Å²) in [6, 6.07) is 16.1. The van der Waals surface area contributed by atoms with Gasteiger partial charge < -0.3 is 4.90 Å². The molecule has 2 aromatic carbocycles. The van der Waals surface area contributed by atoms with Crippen molar-refractivity contribution in [1.82, 2.24) is 9.88 Å². The average molecular weight is 347 g/mol. The van der Waals surface area contributed by atoms with Crippen LogP contribution in [0, 0.1) is 5.41 Å². The van der Waals surface area contributed by atoms with Crippen LogP contribution >= 0.6 is 11.8 Å². The predicted molar refractivity (Wildman–Crippen MR) is 107 cm³/mol. The van der Waals surface area contributed by atoms with E-state index >= 15 is 0 Å². The monoisotopic (exact) mass is 347 g/mol. The quantitative estimate of drug-likeness (QED) is 0.420. The lowest BCUT2D eigenvalue weighted by molar-refractivity contribution is 0.691. The minimum atomic E-state index is 0.551. The molecule has 1 aromatic heterocycles. The highest BCUT2D eigenvalue weighted by atomic mass is 32.2. The Labute approximate surface area is 149 Å². The van der Waals surface area contributed by atoms with Gasteiger partial charge in [0, 0.05) is 17.3 Å². The van der Waals surface area contributed by atoms with E-state index in [2.05, 4.69) is 17.1 Å². The molecule has 0 saturated carbocycles. The third-order valence-electron chi connectivity index (χ3n) is 4.06. The van der Waals surface area contributed by atoms with Crippen molar-refractivity contribution in [3.63, 3.8) is 0 Å². The number of fused-ring (bicyclic) bond motifs is 2. The van der Waals surface area contributed by atoms with Crippen molar-refractivity contribution in [2.75, 3.05) is 17.7 Å². The minimum Gasteiger partial charge on any atom is -0.304 e. The smallest absolute Gasteiger partial charge is 0.189 e. The van der Waals surface area contributed by atoms with Crippen molar-refractivity contribution in [3.8, 4) is 0 Å². The molecule has 0 atom stereocenters. The number of hydrogen-bond acceptors (Lipinski definition) is 5. The van der Waals surface area contributed by atoms with Gasteiger partial charge in [-0.25, -0.2) is 4.98 Å². The number of thioether (sulfide) groups is 1. The molecule has 3 aromatic rings. The maximum absolute atomic E-state index is 8.02. The SMILES string of the molecule is C=CCN1C(=N)CS/C1=N\Nc1c2ccccc2nc2ccccc12. The number of hydrogen-bond donors (Lipinski definition) is 2. The number of aromatic nitrogens is 1. The summed E-state index contributed by atoms with van der Waals surface area (Å²) in [4.78, 5) is 6.58. The van der Waals surface area contributed by atoms with Crippen molar-refractivity contribution >= 4 is 50.3 Å². The zero-order valence-corrected chi connectivity index (χ0v) is 14.4. The van der Waals surface area contributed by atoms with E-state index < -0.39 is 0 Å². The van der Waals surface area contributed by atoms with Crippen LogP contribution in [0.4, 0.5) is 5.69 Å². The van der Waals surface area contributed by atoms with Crippen molar-refractivity contribution in [3.05, 3.63) is 61.2 Å². The van der Waals surface area contributed by atoms with E-state index in [9.17, 15) is 0 Å². The van der Waals surface area contributed by atoms with E-state index in [-0.39, 0.29) is 0 Å². The Bertz CT molecular complexity index is 957. The second-order valence-corrected chi connectivity index (χ2v) is 6.60. The van der Waals surface area contributed by atoms with Gasteiger partial charge in [0.25, 0.3) is 0 Å². The van der Waals surface area contributed by atoms with Crippen molar-refractivity contribution in [2.24, 2.45) is 5.10 Å². The Kier molecular flexibility index (Phi) is 4.11. The summed E-state index contributed by atoms with van der Waals surface area (Å²) in [5.74, 6) is 1.18.